The Labute approximate surface area is 95.3 Å². The summed E-state index contributed by atoms with van der Waals surface area (Å²) in [6.07, 6.45) is 4.15. The topological polar surface area (TPSA) is 38.7 Å². The number of allylic oxidation sites excluding steroid dienone is 1. The molecule has 1 heterocycles. The van der Waals surface area contributed by atoms with E-state index in [1.165, 1.54) is 12.7 Å². The monoisotopic (exact) mass is 220 g/mol. The van der Waals surface area contributed by atoms with Gasteiger partial charge in [0.2, 0.25) is 0 Å². The van der Waals surface area contributed by atoms with Crippen molar-refractivity contribution in [3.05, 3.63) is 23.8 Å². The molecular weight excluding hydrogens is 204 g/mol. The summed E-state index contributed by atoms with van der Waals surface area (Å²) in [6.45, 7) is 2.73. The van der Waals surface area contributed by atoms with Gasteiger partial charge in [-0.15, -0.1) is 0 Å². The van der Waals surface area contributed by atoms with Crippen molar-refractivity contribution in [1.82, 2.24) is 0 Å². The highest BCUT2D eigenvalue weighted by atomic mass is 16.5. The Hall–Kier alpha value is -1.64. The maximum Gasteiger partial charge on any atom is 0.164 e. The Kier molecular flexibility index (Phi) is 3.04. The van der Waals surface area contributed by atoms with Crippen molar-refractivity contribution in [3.63, 3.8) is 0 Å². The lowest BCUT2D eigenvalue weighted by atomic mass is 9.98. The quantitative estimate of drug-likeness (QED) is 0.851. The fraction of sp³-hybridized carbons (Fsp3) is 0.385. The maximum absolute atomic E-state index is 9.74. The summed E-state index contributed by atoms with van der Waals surface area (Å²) in [5, 5.41) is 9.74. The zero-order chi connectivity index (χ0) is 11.5. The highest BCUT2D eigenvalue weighted by Gasteiger charge is 2.16. The molecule has 0 aromatic heterocycles. The largest absolute Gasteiger partial charge is 0.504 e. The molecular formula is C13H16O3. The Balaban J connectivity index is 2.44. The second kappa shape index (κ2) is 4.47. The van der Waals surface area contributed by atoms with E-state index in [4.69, 9.17) is 9.47 Å². The molecule has 0 spiro atoms. The molecule has 0 fully saturated rings. The molecule has 0 aliphatic carbocycles. The van der Waals surface area contributed by atoms with Gasteiger partial charge < -0.3 is 14.6 Å². The summed E-state index contributed by atoms with van der Waals surface area (Å²) in [6, 6.07) is 3.46. The van der Waals surface area contributed by atoms with E-state index in [1.54, 1.807) is 12.1 Å². The van der Waals surface area contributed by atoms with Crippen molar-refractivity contribution in [2.45, 2.75) is 19.8 Å². The first kappa shape index (κ1) is 10.9. The lowest BCUT2D eigenvalue weighted by Crippen LogP contribution is -2.05. The molecule has 0 radical (unpaired) electrons. The molecule has 1 aliphatic heterocycles. The molecule has 3 nitrogen and oxygen atoms in total. The molecule has 1 aromatic rings. The number of phenols is 1. The number of ether oxygens (including phenoxy) is 2. The summed E-state index contributed by atoms with van der Waals surface area (Å²) in [4.78, 5) is 0. The summed E-state index contributed by atoms with van der Waals surface area (Å²) < 4.78 is 10.6. The lowest BCUT2D eigenvalue weighted by Gasteiger charge is -2.19. The predicted octanol–water partition coefficient (Wildman–Crippen LogP) is 2.98. The van der Waals surface area contributed by atoms with Crippen LogP contribution in [0.25, 0.3) is 5.57 Å². The normalized spacial score (nSPS) is 13.8. The van der Waals surface area contributed by atoms with Crippen LogP contribution < -0.4 is 9.47 Å². The lowest BCUT2D eigenvalue weighted by molar-refractivity contribution is 0.342. The van der Waals surface area contributed by atoms with Crippen LogP contribution in [0.5, 0.6) is 17.2 Å². The van der Waals surface area contributed by atoms with Crippen molar-refractivity contribution in [2.75, 3.05) is 13.7 Å². The number of fused-ring (bicyclic) bond motifs is 1. The van der Waals surface area contributed by atoms with E-state index >= 15 is 0 Å². The van der Waals surface area contributed by atoms with Crippen molar-refractivity contribution in [1.29, 1.82) is 0 Å². The Morgan fingerprint density at radius 2 is 2.25 bits per heavy atom. The second-order valence-electron chi connectivity index (χ2n) is 3.81. The molecule has 3 heteroatoms. The minimum absolute atomic E-state index is 0.161. The van der Waals surface area contributed by atoms with E-state index < -0.39 is 0 Å². The maximum atomic E-state index is 9.74. The van der Waals surface area contributed by atoms with Crippen LogP contribution in [0.15, 0.2) is 18.2 Å². The van der Waals surface area contributed by atoms with Gasteiger partial charge in [-0.2, -0.15) is 0 Å². The summed E-state index contributed by atoms with van der Waals surface area (Å²) in [7, 11) is 1.53. The van der Waals surface area contributed by atoms with E-state index in [2.05, 4.69) is 13.0 Å². The molecule has 1 aliphatic rings. The van der Waals surface area contributed by atoms with Crippen LogP contribution in [0.1, 0.15) is 25.3 Å². The highest BCUT2D eigenvalue weighted by Crippen LogP contribution is 2.40. The van der Waals surface area contributed by atoms with Crippen LogP contribution in [-0.4, -0.2) is 18.8 Å². The zero-order valence-electron chi connectivity index (χ0n) is 9.62. The molecule has 86 valence electrons. The van der Waals surface area contributed by atoms with E-state index in [0.29, 0.717) is 12.4 Å². The van der Waals surface area contributed by atoms with E-state index in [-0.39, 0.29) is 5.75 Å². The van der Waals surface area contributed by atoms with Crippen LogP contribution in [-0.2, 0) is 0 Å². The summed E-state index contributed by atoms with van der Waals surface area (Å²) in [5.41, 5.74) is 2.22. The third kappa shape index (κ3) is 1.85. The van der Waals surface area contributed by atoms with Gasteiger partial charge in [0.05, 0.1) is 7.11 Å². The molecule has 1 aromatic carbocycles. The fourth-order valence-corrected chi connectivity index (χ4v) is 1.93. The molecule has 1 N–H and O–H groups in total. The number of rotatable bonds is 3. The first-order valence-electron chi connectivity index (χ1n) is 5.49. The van der Waals surface area contributed by atoms with Crippen LogP contribution >= 0.6 is 0 Å². The molecule has 0 atom stereocenters. The van der Waals surface area contributed by atoms with Gasteiger partial charge in [-0.3, -0.25) is 0 Å². The molecule has 0 bridgehead atoms. The van der Waals surface area contributed by atoms with Crippen molar-refractivity contribution in [3.8, 4) is 17.2 Å². The van der Waals surface area contributed by atoms with Gasteiger partial charge in [-0.25, -0.2) is 0 Å². The first-order chi connectivity index (χ1) is 7.76. The number of hydrogen-bond donors (Lipinski definition) is 1. The van der Waals surface area contributed by atoms with E-state index in [0.717, 1.165) is 24.2 Å². The SMILES string of the molecule is CCCC1=CCOc2cc(OC)c(O)cc21. The molecule has 0 saturated heterocycles. The van der Waals surface area contributed by atoms with Crippen LogP contribution in [0.3, 0.4) is 0 Å². The minimum Gasteiger partial charge on any atom is -0.504 e. The fourth-order valence-electron chi connectivity index (χ4n) is 1.93. The van der Waals surface area contributed by atoms with E-state index in [1.807, 2.05) is 0 Å². The van der Waals surface area contributed by atoms with Crippen LogP contribution in [0, 0.1) is 0 Å². The van der Waals surface area contributed by atoms with Crippen LogP contribution in [0.4, 0.5) is 0 Å². The Morgan fingerprint density at radius 3 is 2.94 bits per heavy atom. The van der Waals surface area contributed by atoms with Gasteiger partial charge in [-0.05, 0) is 24.1 Å². The van der Waals surface area contributed by atoms with Crippen LogP contribution in [0.2, 0.25) is 0 Å². The molecule has 0 saturated carbocycles. The average molecular weight is 220 g/mol. The van der Waals surface area contributed by atoms with Gasteiger partial charge in [0.15, 0.2) is 11.5 Å². The molecule has 0 unspecified atom stereocenters. The van der Waals surface area contributed by atoms with Gasteiger partial charge in [0, 0.05) is 11.6 Å². The standard InChI is InChI=1S/C13H16O3/c1-3-4-9-5-6-16-12-8-13(15-2)11(14)7-10(9)12/h5,7-8,14H,3-4,6H2,1-2H3. The summed E-state index contributed by atoms with van der Waals surface area (Å²) in [5.74, 6) is 1.41. The second-order valence-corrected chi connectivity index (χ2v) is 3.81. The van der Waals surface area contributed by atoms with E-state index in [9.17, 15) is 5.11 Å². The number of hydrogen-bond acceptors (Lipinski definition) is 3. The number of benzene rings is 1. The minimum atomic E-state index is 0.161. The zero-order valence-corrected chi connectivity index (χ0v) is 9.62. The number of phenolic OH excluding ortho intramolecular Hbond substituents is 1. The third-order valence-electron chi connectivity index (χ3n) is 2.71. The van der Waals surface area contributed by atoms with Crippen molar-refractivity contribution >= 4 is 5.57 Å². The predicted molar refractivity (Wildman–Crippen MR) is 63.0 cm³/mol. The van der Waals surface area contributed by atoms with Crippen molar-refractivity contribution in [2.24, 2.45) is 0 Å². The summed E-state index contributed by atoms with van der Waals surface area (Å²) >= 11 is 0. The molecule has 16 heavy (non-hydrogen) atoms. The first-order valence-corrected chi connectivity index (χ1v) is 5.49. The number of methoxy groups -OCH3 is 1. The Morgan fingerprint density at radius 1 is 1.44 bits per heavy atom. The number of aromatic hydroxyl groups is 1. The molecule has 2 rings (SSSR count). The molecule has 0 amide bonds. The smallest absolute Gasteiger partial charge is 0.164 e. The third-order valence-corrected chi connectivity index (χ3v) is 2.71. The Bertz CT molecular complexity index is 421. The van der Waals surface area contributed by atoms with Crippen molar-refractivity contribution < 1.29 is 14.6 Å². The van der Waals surface area contributed by atoms with Gasteiger partial charge in [0.25, 0.3) is 0 Å². The van der Waals surface area contributed by atoms with Gasteiger partial charge in [0.1, 0.15) is 12.4 Å². The van der Waals surface area contributed by atoms with Gasteiger partial charge in [-0.1, -0.05) is 13.3 Å². The average Bonchev–Trinajstić information content (AvgIpc) is 2.29. The van der Waals surface area contributed by atoms with Gasteiger partial charge >= 0.3 is 0 Å². The highest BCUT2D eigenvalue weighted by molar-refractivity contribution is 5.74.